The molecule has 19 heavy (non-hydrogen) atoms. The second-order valence-corrected chi connectivity index (χ2v) is 5.70. The Labute approximate surface area is 122 Å². The highest BCUT2D eigenvalue weighted by Crippen LogP contribution is 2.38. The van der Waals surface area contributed by atoms with Crippen LogP contribution in [0.15, 0.2) is 16.6 Å². The maximum atomic E-state index is 6.44. The molecule has 0 saturated carbocycles. The second kappa shape index (κ2) is 6.59. The Morgan fingerprint density at radius 3 is 2.42 bits per heavy atom. The predicted octanol–water partition coefficient (Wildman–Crippen LogP) is 2.47. The number of ether oxygens (including phenoxy) is 2. The van der Waals surface area contributed by atoms with E-state index in [4.69, 9.17) is 15.2 Å². The van der Waals surface area contributed by atoms with Crippen LogP contribution in [0.25, 0.3) is 0 Å². The van der Waals surface area contributed by atoms with Crippen LogP contribution in [0.3, 0.4) is 0 Å². The Hall–Kier alpha value is -0.780. The number of rotatable bonds is 4. The van der Waals surface area contributed by atoms with Gasteiger partial charge in [0.25, 0.3) is 0 Å². The summed E-state index contributed by atoms with van der Waals surface area (Å²) >= 11 is 3.47. The number of methoxy groups -OCH3 is 2. The molecule has 1 aliphatic heterocycles. The molecule has 106 valence electrons. The van der Waals surface area contributed by atoms with Gasteiger partial charge in [0.2, 0.25) is 0 Å². The minimum absolute atomic E-state index is 0.0148. The van der Waals surface area contributed by atoms with Gasteiger partial charge in [0.05, 0.1) is 18.7 Å². The topological polar surface area (TPSA) is 56.5 Å². The van der Waals surface area contributed by atoms with E-state index in [9.17, 15) is 0 Å². The van der Waals surface area contributed by atoms with Crippen molar-refractivity contribution >= 4 is 15.9 Å². The van der Waals surface area contributed by atoms with Gasteiger partial charge in [0.15, 0.2) is 0 Å². The van der Waals surface area contributed by atoms with Crippen molar-refractivity contribution in [2.75, 3.05) is 27.3 Å². The van der Waals surface area contributed by atoms with Crippen molar-refractivity contribution in [1.29, 1.82) is 0 Å². The van der Waals surface area contributed by atoms with E-state index in [0.717, 1.165) is 47.5 Å². The van der Waals surface area contributed by atoms with Crippen LogP contribution >= 0.6 is 15.9 Å². The van der Waals surface area contributed by atoms with Gasteiger partial charge in [0.1, 0.15) is 11.5 Å². The van der Waals surface area contributed by atoms with E-state index in [-0.39, 0.29) is 6.04 Å². The molecule has 1 heterocycles. The Kier molecular flexibility index (Phi) is 5.07. The monoisotopic (exact) mass is 328 g/mol. The Morgan fingerprint density at radius 2 is 1.84 bits per heavy atom. The summed E-state index contributed by atoms with van der Waals surface area (Å²) in [6, 6.07) is 3.89. The van der Waals surface area contributed by atoms with E-state index in [0.29, 0.717) is 5.92 Å². The molecule has 2 rings (SSSR count). The van der Waals surface area contributed by atoms with Crippen molar-refractivity contribution in [2.24, 2.45) is 11.7 Å². The third kappa shape index (κ3) is 3.22. The van der Waals surface area contributed by atoms with Gasteiger partial charge in [0, 0.05) is 11.6 Å². The lowest BCUT2D eigenvalue weighted by Gasteiger charge is -2.29. The fourth-order valence-corrected chi connectivity index (χ4v) is 3.09. The van der Waals surface area contributed by atoms with Gasteiger partial charge in [-0.05, 0) is 59.9 Å². The summed E-state index contributed by atoms with van der Waals surface area (Å²) in [5.74, 6) is 2.10. The molecule has 1 aliphatic rings. The summed E-state index contributed by atoms with van der Waals surface area (Å²) in [4.78, 5) is 0. The first-order valence-electron chi connectivity index (χ1n) is 6.55. The second-order valence-electron chi connectivity index (χ2n) is 4.84. The van der Waals surface area contributed by atoms with Crippen LogP contribution in [0.1, 0.15) is 24.4 Å². The normalized spacial score (nSPS) is 18.1. The number of nitrogens with two attached hydrogens (primary N) is 1. The number of piperidine rings is 1. The summed E-state index contributed by atoms with van der Waals surface area (Å²) in [5, 5.41) is 3.36. The van der Waals surface area contributed by atoms with Gasteiger partial charge in [-0.15, -0.1) is 0 Å². The number of nitrogens with one attached hydrogen (secondary N) is 1. The maximum absolute atomic E-state index is 6.44. The molecule has 3 N–H and O–H groups in total. The molecule has 0 unspecified atom stereocenters. The van der Waals surface area contributed by atoms with Gasteiger partial charge in [-0.2, -0.15) is 0 Å². The summed E-state index contributed by atoms with van der Waals surface area (Å²) in [6.45, 7) is 2.07. The molecule has 0 amide bonds. The lowest BCUT2D eigenvalue weighted by molar-refractivity contribution is 0.312. The maximum Gasteiger partial charge on any atom is 0.133 e. The third-order valence-electron chi connectivity index (χ3n) is 3.75. The predicted molar refractivity (Wildman–Crippen MR) is 79.8 cm³/mol. The molecule has 0 aliphatic carbocycles. The van der Waals surface area contributed by atoms with E-state index in [1.165, 1.54) is 0 Å². The smallest absolute Gasteiger partial charge is 0.133 e. The molecule has 1 saturated heterocycles. The first-order chi connectivity index (χ1) is 9.17. The summed E-state index contributed by atoms with van der Waals surface area (Å²) in [5.41, 5.74) is 7.46. The van der Waals surface area contributed by atoms with Crippen LogP contribution in [0.4, 0.5) is 0 Å². The largest absolute Gasteiger partial charge is 0.496 e. The van der Waals surface area contributed by atoms with Gasteiger partial charge >= 0.3 is 0 Å². The van der Waals surface area contributed by atoms with Crippen LogP contribution in [0.2, 0.25) is 0 Å². The number of benzene rings is 1. The van der Waals surface area contributed by atoms with Gasteiger partial charge in [-0.1, -0.05) is 0 Å². The van der Waals surface area contributed by atoms with Crippen molar-refractivity contribution in [2.45, 2.75) is 18.9 Å². The number of hydrogen-bond acceptors (Lipinski definition) is 4. The van der Waals surface area contributed by atoms with Crippen molar-refractivity contribution in [3.63, 3.8) is 0 Å². The highest BCUT2D eigenvalue weighted by atomic mass is 79.9. The molecule has 1 aromatic carbocycles. The first-order valence-corrected chi connectivity index (χ1v) is 7.34. The highest BCUT2D eigenvalue weighted by molar-refractivity contribution is 9.10. The lowest BCUT2D eigenvalue weighted by Crippen LogP contribution is -2.34. The molecule has 0 spiro atoms. The average Bonchev–Trinajstić information content (AvgIpc) is 2.47. The summed E-state index contributed by atoms with van der Waals surface area (Å²) < 4.78 is 11.7. The Morgan fingerprint density at radius 1 is 1.21 bits per heavy atom. The molecular formula is C14H21BrN2O2. The molecule has 1 fully saturated rings. The molecule has 1 aromatic rings. The molecular weight excluding hydrogens is 308 g/mol. The van der Waals surface area contributed by atoms with E-state index in [2.05, 4.69) is 21.2 Å². The van der Waals surface area contributed by atoms with Crippen molar-refractivity contribution in [3.8, 4) is 11.5 Å². The molecule has 0 bridgehead atoms. The lowest BCUT2D eigenvalue weighted by atomic mass is 9.86. The van der Waals surface area contributed by atoms with Gasteiger partial charge in [-0.3, -0.25) is 0 Å². The van der Waals surface area contributed by atoms with Crippen LogP contribution in [0.5, 0.6) is 11.5 Å². The zero-order chi connectivity index (χ0) is 13.8. The molecule has 0 radical (unpaired) electrons. The number of halogens is 1. The zero-order valence-electron chi connectivity index (χ0n) is 11.4. The highest BCUT2D eigenvalue weighted by Gasteiger charge is 2.25. The molecule has 5 heteroatoms. The van der Waals surface area contributed by atoms with Crippen LogP contribution in [-0.4, -0.2) is 27.3 Å². The first kappa shape index (κ1) is 14.6. The standard InChI is InChI=1S/C14H21BrN2O2/c1-18-12-8-11(15)13(19-2)7-10(12)14(16)9-3-5-17-6-4-9/h7-9,14,17H,3-6,16H2,1-2H3/t14-/m1/s1. The molecule has 0 aromatic heterocycles. The van der Waals surface area contributed by atoms with Crippen LogP contribution in [0, 0.1) is 5.92 Å². The van der Waals surface area contributed by atoms with Crippen LogP contribution in [-0.2, 0) is 0 Å². The minimum Gasteiger partial charge on any atom is -0.496 e. The van der Waals surface area contributed by atoms with Gasteiger partial charge in [-0.25, -0.2) is 0 Å². The van der Waals surface area contributed by atoms with Gasteiger partial charge < -0.3 is 20.5 Å². The van der Waals surface area contributed by atoms with E-state index in [1.807, 2.05) is 12.1 Å². The number of hydrogen-bond donors (Lipinski definition) is 2. The summed E-state index contributed by atoms with van der Waals surface area (Å²) in [6.07, 6.45) is 2.20. The van der Waals surface area contributed by atoms with Crippen molar-refractivity contribution < 1.29 is 9.47 Å². The fraction of sp³-hybridized carbons (Fsp3) is 0.571. The van der Waals surface area contributed by atoms with E-state index < -0.39 is 0 Å². The van der Waals surface area contributed by atoms with E-state index >= 15 is 0 Å². The molecule has 1 atom stereocenters. The quantitative estimate of drug-likeness (QED) is 0.891. The molecule has 4 nitrogen and oxygen atoms in total. The summed E-state index contributed by atoms with van der Waals surface area (Å²) in [7, 11) is 3.33. The fourth-order valence-electron chi connectivity index (χ4n) is 2.60. The van der Waals surface area contributed by atoms with Crippen molar-refractivity contribution in [3.05, 3.63) is 22.2 Å². The average molecular weight is 329 g/mol. The van der Waals surface area contributed by atoms with Crippen LogP contribution < -0.4 is 20.5 Å². The zero-order valence-corrected chi connectivity index (χ0v) is 13.0. The minimum atomic E-state index is -0.0148. The SMILES string of the molecule is COc1cc([C@H](N)C2CCNCC2)c(OC)cc1Br. The van der Waals surface area contributed by atoms with Crippen molar-refractivity contribution in [1.82, 2.24) is 5.32 Å². The Bertz CT molecular complexity index is 434. The third-order valence-corrected chi connectivity index (χ3v) is 4.37. The van der Waals surface area contributed by atoms with E-state index in [1.54, 1.807) is 14.2 Å². The Balaban J connectivity index is 2.30.